The number of hydrogen-bond donors (Lipinski definition) is 2. The van der Waals surface area contributed by atoms with Gasteiger partial charge in [0.05, 0.1) is 12.1 Å². The molecule has 156 valence electrons. The third-order valence-electron chi connectivity index (χ3n) is 5.17. The normalized spacial score (nSPS) is 21.4. The van der Waals surface area contributed by atoms with Crippen molar-refractivity contribution >= 4 is 23.7 Å². The summed E-state index contributed by atoms with van der Waals surface area (Å²) in [5.74, 6) is 2.11. The number of carbonyl (C=O) groups is 1. The zero-order chi connectivity index (χ0) is 20.8. The first-order valence-electron chi connectivity index (χ1n) is 10.1. The number of amides is 1. The van der Waals surface area contributed by atoms with Crippen LogP contribution in [0.25, 0.3) is 0 Å². The minimum atomic E-state index is -0.488. The number of H-pyrrole nitrogens is 1. The second-order valence-corrected chi connectivity index (χ2v) is 8.93. The number of rotatable bonds is 3. The standard InChI is InChI=1S/C20H29N7O2/c1-12-8-16(22-17-9-13(2)24-25-17)23-18(21-12)26-10-14-6-7-15(11-26)27(14)19(28)29-20(3,4)5/h8-9,14-15H,6-7,10-11H2,1-5H3,(H2,21,22,23,24,25)/t14-,15+. The lowest BCUT2D eigenvalue weighted by Crippen LogP contribution is -2.57. The van der Waals surface area contributed by atoms with Gasteiger partial charge in [0.2, 0.25) is 5.95 Å². The summed E-state index contributed by atoms with van der Waals surface area (Å²) >= 11 is 0. The second-order valence-electron chi connectivity index (χ2n) is 8.93. The van der Waals surface area contributed by atoms with Crippen LogP contribution in [0.2, 0.25) is 0 Å². The summed E-state index contributed by atoms with van der Waals surface area (Å²) < 4.78 is 5.62. The summed E-state index contributed by atoms with van der Waals surface area (Å²) in [6.45, 7) is 11.0. The quantitative estimate of drug-likeness (QED) is 0.818. The minimum Gasteiger partial charge on any atom is -0.444 e. The van der Waals surface area contributed by atoms with E-state index in [2.05, 4.69) is 25.4 Å². The monoisotopic (exact) mass is 399 g/mol. The van der Waals surface area contributed by atoms with Gasteiger partial charge in [0.15, 0.2) is 5.82 Å². The zero-order valence-corrected chi connectivity index (χ0v) is 17.7. The van der Waals surface area contributed by atoms with Crippen LogP contribution in [-0.4, -0.2) is 61.9 Å². The molecule has 0 aliphatic carbocycles. The van der Waals surface area contributed by atoms with E-state index in [-0.39, 0.29) is 18.2 Å². The maximum absolute atomic E-state index is 12.7. The Labute approximate surface area is 170 Å². The highest BCUT2D eigenvalue weighted by Gasteiger charge is 2.44. The molecule has 9 nitrogen and oxygen atoms in total. The molecule has 0 unspecified atom stereocenters. The lowest BCUT2D eigenvalue weighted by Gasteiger charge is -2.41. The second kappa shape index (κ2) is 7.20. The molecular weight excluding hydrogens is 370 g/mol. The van der Waals surface area contributed by atoms with Crippen molar-refractivity contribution in [1.82, 2.24) is 25.1 Å². The van der Waals surface area contributed by atoms with Gasteiger partial charge in [-0.2, -0.15) is 10.1 Å². The van der Waals surface area contributed by atoms with Gasteiger partial charge in [0.25, 0.3) is 0 Å². The van der Waals surface area contributed by atoms with Crippen LogP contribution < -0.4 is 10.2 Å². The SMILES string of the molecule is Cc1cc(Nc2cc(C)[nH]n2)nc(N2C[C@H]3CC[C@@H](C2)N3C(=O)OC(C)(C)C)n1. The summed E-state index contributed by atoms with van der Waals surface area (Å²) in [4.78, 5) is 26.1. The summed E-state index contributed by atoms with van der Waals surface area (Å²) in [6, 6.07) is 4.08. The highest BCUT2D eigenvalue weighted by Crippen LogP contribution is 2.33. The molecule has 2 aliphatic rings. The summed E-state index contributed by atoms with van der Waals surface area (Å²) in [5.41, 5.74) is 1.37. The third-order valence-corrected chi connectivity index (χ3v) is 5.17. The van der Waals surface area contributed by atoms with Crippen LogP contribution in [0.15, 0.2) is 12.1 Å². The molecule has 2 atom stereocenters. The van der Waals surface area contributed by atoms with Gasteiger partial charge in [0, 0.05) is 36.6 Å². The predicted molar refractivity (Wildman–Crippen MR) is 110 cm³/mol. The van der Waals surface area contributed by atoms with Crippen LogP contribution in [0.5, 0.6) is 0 Å². The maximum Gasteiger partial charge on any atom is 0.410 e. The van der Waals surface area contributed by atoms with Crippen LogP contribution >= 0.6 is 0 Å². The fraction of sp³-hybridized carbons (Fsp3) is 0.600. The molecule has 2 saturated heterocycles. The van der Waals surface area contributed by atoms with Gasteiger partial charge in [-0.15, -0.1) is 0 Å². The van der Waals surface area contributed by atoms with E-state index in [1.165, 1.54) is 0 Å². The molecule has 2 aromatic heterocycles. The van der Waals surface area contributed by atoms with Crippen molar-refractivity contribution in [3.8, 4) is 0 Å². The number of piperazine rings is 1. The Morgan fingerprint density at radius 3 is 2.41 bits per heavy atom. The van der Waals surface area contributed by atoms with Gasteiger partial charge >= 0.3 is 6.09 Å². The van der Waals surface area contributed by atoms with Crippen molar-refractivity contribution in [3.63, 3.8) is 0 Å². The van der Waals surface area contributed by atoms with Gasteiger partial charge < -0.3 is 15.0 Å². The zero-order valence-electron chi connectivity index (χ0n) is 17.7. The van der Waals surface area contributed by atoms with Gasteiger partial charge in [-0.05, 0) is 47.5 Å². The number of nitrogens with one attached hydrogen (secondary N) is 2. The summed E-state index contributed by atoms with van der Waals surface area (Å²) in [7, 11) is 0. The number of ether oxygens (including phenoxy) is 1. The van der Waals surface area contributed by atoms with Gasteiger partial charge in [-0.3, -0.25) is 10.00 Å². The number of nitrogens with zero attached hydrogens (tertiary/aromatic N) is 5. The Morgan fingerprint density at radius 2 is 1.83 bits per heavy atom. The molecule has 4 rings (SSSR count). The molecule has 29 heavy (non-hydrogen) atoms. The minimum absolute atomic E-state index is 0.123. The van der Waals surface area contributed by atoms with E-state index < -0.39 is 5.60 Å². The van der Waals surface area contributed by atoms with E-state index >= 15 is 0 Å². The largest absolute Gasteiger partial charge is 0.444 e. The smallest absolute Gasteiger partial charge is 0.410 e. The Morgan fingerprint density at radius 1 is 1.14 bits per heavy atom. The molecular formula is C20H29N7O2. The lowest BCUT2D eigenvalue weighted by molar-refractivity contribution is 0.0122. The van der Waals surface area contributed by atoms with Crippen LogP contribution in [0, 0.1) is 13.8 Å². The number of anilines is 3. The number of aromatic amines is 1. The van der Waals surface area contributed by atoms with Crippen molar-refractivity contribution < 1.29 is 9.53 Å². The number of aromatic nitrogens is 4. The van der Waals surface area contributed by atoms with Gasteiger partial charge in [-0.1, -0.05) is 0 Å². The van der Waals surface area contributed by atoms with Crippen LogP contribution in [0.4, 0.5) is 22.4 Å². The highest BCUT2D eigenvalue weighted by molar-refractivity contribution is 5.70. The van der Waals surface area contributed by atoms with Gasteiger partial charge in [-0.25, -0.2) is 9.78 Å². The lowest BCUT2D eigenvalue weighted by atomic mass is 10.2. The van der Waals surface area contributed by atoms with E-state index in [0.29, 0.717) is 24.9 Å². The van der Waals surface area contributed by atoms with Crippen LogP contribution in [0.1, 0.15) is 45.0 Å². The number of carbonyl (C=O) groups excluding carboxylic acids is 1. The van der Waals surface area contributed by atoms with Crippen molar-refractivity contribution in [1.29, 1.82) is 0 Å². The molecule has 0 saturated carbocycles. The fourth-order valence-corrected chi connectivity index (χ4v) is 4.05. The molecule has 4 heterocycles. The van der Waals surface area contributed by atoms with E-state index in [4.69, 9.17) is 9.72 Å². The van der Waals surface area contributed by atoms with Crippen LogP contribution in [0.3, 0.4) is 0 Å². The summed E-state index contributed by atoms with van der Waals surface area (Å²) in [5, 5.41) is 10.4. The van der Waals surface area contributed by atoms with Crippen molar-refractivity contribution in [3.05, 3.63) is 23.5 Å². The van der Waals surface area contributed by atoms with Crippen molar-refractivity contribution in [2.45, 2.75) is 65.1 Å². The first-order valence-corrected chi connectivity index (χ1v) is 10.1. The fourth-order valence-electron chi connectivity index (χ4n) is 4.05. The highest BCUT2D eigenvalue weighted by atomic mass is 16.6. The molecule has 0 aromatic carbocycles. The average molecular weight is 399 g/mol. The summed E-state index contributed by atoms with van der Waals surface area (Å²) in [6.07, 6.45) is 1.74. The molecule has 0 radical (unpaired) electrons. The van der Waals surface area contributed by atoms with E-state index in [0.717, 1.165) is 30.0 Å². The Hall–Kier alpha value is -2.84. The number of aryl methyl sites for hydroxylation is 2. The Kier molecular flexibility index (Phi) is 4.84. The third kappa shape index (κ3) is 4.28. The van der Waals surface area contributed by atoms with E-state index in [9.17, 15) is 4.79 Å². The van der Waals surface area contributed by atoms with Crippen molar-refractivity contribution in [2.24, 2.45) is 0 Å². The van der Waals surface area contributed by atoms with E-state index in [1.807, 2.05) is 51.7 Å². The van der Waals surface area contributed by atoms with E-state index in [1.54, 1.807) is 0 Å². The molecule has 1 amide bonds. The molecule has 2 aliphatic heterocycles. The number of fused-ring (bicyclic) bond motifs is 2. The predicted octanol–water partition coefficient (Wildman–Crippen LogP) is 3.15. The topological polar surface area (TPSA) is 99.3 Å². The van der Waals surface area contributed by atoms with Crippen LogP contribution in [-0.2, 0) is 4.74 Å². The Balaban J connectivity index is 1.50. The Bertz CT molecular complexity index is 890. The average Bonchev–Trinajstić information content (AvgIpc) is 3.13. The molecule has 9 heteroatoms. The first-order chi connectivity index (χ1) is 13.7. The molecule has 0 spiro atoms. The van der Waals surface area contributed by atoms with Crippen molar-refractivity contribution in [2.75, 3.05) is 23.3 Å². The molecule has 2 bridgehead atoms. The maximum atomic E-state index is 12.7. The molecule has 2 aromatic rings. The molecule has 2 fully saturated rings. The first kappa shape index (κ1) is 19.5. The van der Waals surface area contributed by atoms with Gasteiger partial charge in [0.1, 0.15) is 11.4 Å². The molecule has 2 N–H and O–H groups in total. The number of hydrogen-bond acceptors (Lipinski definition) is 7.